The number of hydrogen-bond donors (Lipinski definition) is 3. The molecule has 3 aromatic carbocycles. The molecule has 9 aromatic rings. The van der Waals surface area contributed by atoms with Crippen LogP contribution < -0.4 is 15.4 Å². The Balaban J connectivity index is 0.000000189. The van der Waals surface area contributed by atoms with E-state index in [0.29, 0.717) is 136 Å². The summed E-state index contributed by atoms with van der Waals surface area (Å²) in [7, 11) is 1.65. The van der Waals surface area contributed by atoms with Crippen molar-refractivity contribution in [1.29, 1.82) is 0 Å². The topological polar surface area (TPSA) is 315 Å². The number of hydrogen-bond acceptors (Lipinski definition) is 22. The molecule has 30 heteroatoms. The number of aromatic nitrogens is 10. The molecule has 0 aliphatic carbocycles. The van der Waals surface area contributed by atoms with E-state index >= 15 is 0 Å². The van der Waals surface area contributed by atoms with E-state index in [4.69, 9.17) is 63.7 Å². The lowest BCUT2D eigenvalue weighted by Crippen LogP contribution is -2.41. The highest BCUT2D eigenvalue weighted by atomic mass is 35.5. The molecule has 9 heterocycles. The molecule has 0 radical (unpaired) electrons. The molecular weight excluding hydrogens is 1310 g/mol. The number of pyridine rings is 2. The number of benzene rings is 3. The summed E-state index contributed by atoms with van der Waals surface area (Å²) in [6, 6.07) is 22.9. The maximum absolute atomic E-state index is 13.1. The van der Waals surface area contributed by atoms with Crippen LogP contribution in [-0.4, -0.2) is 198 Å². The smallest absolute Gasteiger partial charge is 0.315 e. The van der Waals surface area contributed by atoms with Gasteiger partial charge in [-0.15, -0.1) is 0 Å². The Morgan fingerprint density at radius 2 is 1.09 bits per heavy atom. The van der Waals surface area contributed by atoms with Gasteiger partial charge in [0.05, 0.1) is 137 Å². The average Bonchev–Trinajstić information content (AvgIpc) is 1.00. The van der Waals surface area contributed by atoms with Gasteiger partial charge < -0.3 is 63.3 Å². The second-order valence-corrected chi connectivity index (χ2v) is 23.2. The van der Waals surface area contributed by atoms with Gasteiger partial charge in [0, 0.05) is 50.0 Å². The van der Waals surface area contributed by atoms with Crippen LogP contribution in [0.4, 0.5) is 11.6 Å². The maximum Gasteiger partial charge on any atom is 0.315 e. The van der Waals surface area contributed by atoms with Crippen LogP contribution in [-0.2, 0) is 71.8 Å². The molecular formula is C67H78Cl3N15O12. The normalized spacial score (nSPS) is 14.3. The van der Waals surface area contributed by atoms with Crippen LogP contribution >= 0.6 is 34.8 Å². The molecule has 3 saturated heterocycles. The minimum Gasteiger partial charge on any atom is -0.497 e. The summed E-state index contributed by atoms with van der Waals surface area (Å²) in [5.74, 6) is 0.891. The van der Waals surface area contributed by atoms with E-state index < -0.39 is 17.2 Å². The number of nitrogens with one attached hydrogen (secondary N) is 3. The summed E-state index contributed by atoms with van der Waals surface area (Å²) in [5, 5.41) is 10.8. The third-order valence-corrected chi connectivity index (χ3v) is 16.2. The van der Waals surface area contributed by atoms with E-state index in [1.807, 2.05) is 101 Å². The predicted octanol–water partition coefficient (Wildman–Crippen LogP) is 8.93. The minimum absolute atomic E-state index is 0. The van der Waals surface area contributed by atoms with Gasteiger partial charge in [-0.1, -0.05) is 67.0 Å². The van der Waals surface area contributed by atoms with E-state index in [-0.39, 0.29) is 69.5 Å². The highest BCUT2D eigenvalue weighted by molar-refractivity contribution is 6.64. The number of carbonyl (C=O) groups excluding carboxylic acids is 6. The fourth-order valence-electron chi connectivity index (χ4n) is 10.6. The monoisotopic (exact) mass is 1390 g/mol. The van der Waals surface area contributed by atoms with Crippen molar-refractivity contribution in [2.45, 2.75) is 79.4 Å². The highest BCUT2D eigenvalue weighted by Gasteiger charge is 2.25. The van der Waals surface area contributed by atoms with Gasteiger partial charge in [0.15, 0.2) is 22.9 Å². The summed E-state index contributed by atoms with van der Waals surface area (Å²) in [4.78, 5) is 113. The number of halogens is 3. The van der Waals surface area contributed by atoms with Gasteiger partial charge in [-0.25, -0.2) is 29.9 Å². The first kappa shape index (κ1) is 73.6. The Hall–Kier alpha value is -9.25. The van der Waals surface area contributed by atoms with Gasteiger partial charge in [-0.05, 0) is 92.0 Å². The molecule has 2 atom stereocenters. The molecule has 12 rings (SSSR count). The number of rotatable bonds is 19. The van der Waals surface area contributed by atoms with Gasteiger partial charge in [-0.3, -0.25) is 38.7 Å². The van der Waals surface area contributed by atoms with E-state index in [0.717, 1.165) is 55.4 Å². The van der Waals surface area contributed by atoms with E-state index in [1.165, 1.54) is 12.7 Å². The molecule has 0 spiro atoms. The lowest BCUT2D eigenvalue weighted by atomic mass is 10.0. The highest BCUT2D eigenvalue weighted by Crippen LogP contribution is 2.33. The van der Waals surface area contributed by atoms with E-state index in [1.54, 1.807) is 38.5 Å². The third kappa shape index (κ3) is 20.2. The van der Waals surface area contributed by atoms with Crippen LogP contribution in [0, 0.1) is 0 Å². The summed E-state index contributed by atoms with van der Waals surface area (Å²) < 4.78 is 32.2. The first-order valence-corrected chi connectivity index (χ1v) is 32.3. The quantitative estimate of drug-likeness (QED) is 0.0386. The molecule has 3 amide bonds. The Morgan fingerprint density at radius 1 is 0.608 bits per heavy atom. The zero-order valence-electron chi connectivity index (χ0n) is 53.7. The number of carbonyl (C=O) groups is 6. The number of anilines is 2. The standard InChI is InChI=1S/C30H30ClN7O3.C22H22ClN7O2.C9H15NO4.C5H7ClO3.CH4/c1-19(35-29-28-30(33-17-32-29)38(18-34-28)16-20-6-8-22(40-2)9-7-20)24-14-21-4-3-5-23(31)27(21)25(36-24)15-26(39)37-10-12-41-13-11-37;1-13(28-22-20-21(25-11-24-20)26-12-27-22)16-9-14-3-2-4-15(23)19(14)17(29-16)10-18(31)30-5-7-32-8-6-30;1-2-14-9(12)7-8(11)10-3-5-13-6-4-10;1-2-9-5(8)3-4(6)7;/h3-9,14,17-19H,10-13,15-16H2,1-2H3,(H,32,33,35);2-4,9,11-13H,5-8,10H2,1H3,(H2,24,25,26,27,28);2-7H2,1H3;2-3H2,1H3;1H4/t19-;13-;;;/m00.../s1. The van der Waals surface area contributed by atoms with Crippen LogP contribution in [0.15, 0.2) is 98.1 Å². The largest absolute Gasteiger partial charge is 0.497 e. The van der Waals surface area contributed by atoms with Crippen molar-refractivity contribution in [2.75, 3.05) is 110 Å². The number of amides is 3. The number of H-pyrrole nitrogens is 1. The number of esters is 2. The van der Waals surface area contributed by atoms with Crippen LogP contribution in [0.2, 0.25) is 10.0 Å². The van der Waals surface area contributed by atoms with Crippen molar-refractivity contribution < 1.29 is 57.2 Å². The number of nitrogens with zero attached hydrogens (tertiary/aromatic N) is 12. The predicted molar refractivity (Wildman–Crippen MR) is 366 cm³/mol. The molecule has 514 valence electrons. The molecule has 6 aromatic heterocycles. The molecule has 3 N–H and O–H groups in total. The lowest BCUT2D eigenvalue weighted by Gasteiger charge is -2.27. The molecule has 0 saturated carbocycles. The van der Waals surface area contributed by atoms with Crippen molar-refractivity contribution in [3.63, 3.8) is 0 Å². The van der Waals surface area contributed by atoms with Crippen molar-refractivity contribution in [2.24, 2.45) is 0 Å². The Morgan fingerprint density at radius 3 is 1.60 bits per heavy atom. The van der Waals surface area contributed by atoms with Crippen molar-refractivity contribution >= 4 is 125 Å². The first-order valence-electron chi connectivity index (χ1n) is 31.2. The van der Waals surface area contributed by atoms with Crippen LogP contribution in [0.1, 0.15) is 88.4 Å². The maximum atomic E-state index is 13.1. The molecule has 0 unspecified atom stereocenters. The van der Waals surface area contributed by atoms with Crippen LogP contribution in [0.5, 0.6) is 5.75 Å². The van der Waals surface area contributed by atoms with Crippen LogP contribution in [0.3, 0.4) is 0 Å². The molecule has 27 nitrogen and oxygen atoms in total. The number of fused-ring (bicyclic) bond motifs is 4. The SMILES string of the molecule is C.CCOC(=O)CC(=O)Cl.CCOC(=O)CC(=O)N1CCOCC1.COc1ccc(Cn2cnc3c(N[C@@H](C)c4cc5cccc(Cl)c5c(CC(=O)N5CCOCC5)n4)ncnc32)cc1.C[C@H](Nc1ncnc2nc[nH]c12)c1cc2cccc(Cl)c2c(CC(=O)N2CCOCC2)n1. The van der Waals surface area contributed by atoms with E-state index in [9.17, 15) is 28.8 Å². The molecule has 3 fully saturated rings. The number of methoxy groups -OCH3 is 1. The second kappa shape index (κ2) is 36.2. The Labute approximate surface area is 575 Å². The van der Waals surface area contributed by atoms with Crippen molar-refractivity contribution in [3.8, 4) is 5.75 Å². The molecule has 3 aliphatic heterocycles. The van der Waals surface area contributed by atoms with Gasteiger partial charge in [0.25, 0.3) is 0 Å². The van der Waals surface area contributed by atoms with E-state index in [2.05, 4.69) is 55.0 Å². The molecule has 3 aliphatic rings. The third-order valence-electron chi connectivity index (χ3n) is 15.5. The zero-order valence-corrected chi connectivity index (χ0v) is 56.0. The first-order chi connectivity index (χ1) is 46.5. The van der Waals surface area contributed by atoms with Gasteiger partial charge in [0.1, 0.15) is 42.3 Å². The van der Waals surface area contributed by atoms with Gasteiger partial charge in [-0.2, -0.15) is 0 Å². The number of ether oxygens (including phenoxy) is 6. The summed E-state index contributed by atoms with van der Waals surface area (Å²) >= 11 is 18.0. The zero-order chi connectivity index (χ0) is 68.1. The average molecular weight is 1390 g/mol. The molecule has 97 heavy (non-hydrogen) atoms. The summed E-state index contributed by atoms with van der Waals surface area (Å²) in [6.07, 6.45) is 6.20. The Bertz CT molecular complexity index is 4160. The fraction of sp³-hybridized carbons (Fsp3) is 0.403. The lowest BCUT2D eigenvalue weighted by molar-refractivity contribution is -0.150. The van der Waals surface area contributed by atoms with Crippen LogP contribution in [0.25, 0.3) is 43.9 Å². The number of imidazole rings is 2. The van der Waals surface area contributed by atoms with Gasteiger partial charge in [0.2, 0.25) is 23.0 Å². The Kier molecular flexibility index (Phi) is 27.4. The number of aromatic amines is 1. The fourth-order valence-corrected chi connectivity index (χ4v) is 11.3. The molecule has 0 bridgehead atoms. The van der Waals surface area contributed by atoms with Crippen molar-refractivity contribution in [3.05, 3.63) is 136 Å². The minimum atomic E-state index is -0.687. The summed E-state index contributed by atoms with van der Waals surface area (Å²) in [6.45, 7) is 15.4. The number of morpholine rings is 3. The van der Waals surface area contributed by atoms with Crippen molar-refractivity contribution in [1.82, 2.24) is 64.1 Å². The summed E-state index contributed by atoms with van der Waals surface area (Å²) in [5.41, 5.74) is 6.69. The second-order valence-electron chi connectivity index (χ2n) is 22.0. The van der Waals surface area contributed by atoms with Gasteiger partial charge >= 0.3 is 11.9 Å².